The van der Waals surface area contributed by atoms with Crippen LogP contribution in [0.15, 0.2) is 78.0 Å². The minimum atomic E-state index is -0.226. The van der Waals surface area contributed by atoms with E-state index in [1.807, 2.05) is 59.2 Å². The molecule has 0 bridgehead atoms. The van der Waals surface area contributed by atoms with Gasteiger partial charge in [-0.15, -0.1) is 10.2 Å². The van der Waals surface area contributed by atoms with Crippen LogP contribution < -0.4 is 14.8 Å². The predicted molar refractivity (Wildman–Crippen MR) is 131 cm³/mol. The largest absolute Gasteiger partial charge is 0.495 e. The van der Waals surface area contributed by atoms with Gasteiger partial charge >= 0.3 is 0 Å². The van der Waals surface area contributed by atoms with E-state index in [0.29, 0.717) is 33.2 Å². The fourth-order valence-corrected chi connectivity index (χ4v) is 4.18. The van der Waals surface area contributed by atoms with Crippen molar-refractivity contribution < 1.29 is 14.3 Å². The lowest BCUT2D eigenvalue weighted by Gasteiger charge is -2.14. The molecule has 1 N–H and O–H groups in total. The Morgan fingerprint density at radius 1 is 0.970 bits per heavy atom. The zero-order chi connectivity index (χ0) is 23.2. The van der Waals surface area contributed by atoms with Gasteiger partial charge in [0.15, 0.2) is 11.0 Å². The summed E-state index contributed by atoms with van der Waals surface area (Å²) < 4.78 is 12.8. The summed E-state index contributed by atoms with van der Waals surface area (Å²) in [5, 5.41) is 12.7. The summed E-state index contributed by atoms with van der Waals surface area (Å²) >= 11 is 7.33. The number of nitrogens with one attached hydrogen (secondary N) is 1. The van der Waals surface area contributed by atoms with Crippen LogP contribution in [-0.4, -0.2) is 40.6 Å². The fraction of sp³-hybridized carbons (Fsp3) is 0.125. The molecule has 1 heterocycles. The summed E-state index contributed by atoms with van der Waals surface area (Å²) in [7, 11) is 3.15. The molecule has 9 heteroatoms. The minimum Gasteiger partial charge on any atom is -0.495 e. The summed E-state index contributed by atoms with van der Waals surface area (Å²) in [5.41, 5.74) is 2.19. The molecule has 0 saturated carbocycles. The van der Waals surface area contributed by atoms with Gasteiger partial charge in [-0.25, -0.2) is 0 Å². The van der Waals surface area contributed by atoms with Crippen molar-refractivity contribution in [1.82, 2.24) is 14.8 Å². The number of hydrogen-bond donors (Lipinski definition) is 1. The zero-order valence-electron chi connectivity index (χ0n) is 18.0. The average molecular weight is 481 g/mol. The van der Waals surface area contributed by atoms with Crippen molar-refractivity contribution in [2.75, 3.05) is 25.3 Å². The number of carbonyl (C=O) groups is 1. The number of carbonyl (C=O) groups excluding carboxylic acids is 1. The van der Waals surface area contributed by atoms with Gasteiger partial charge in [0.05, 0.1) is 31.3 Å². The van der Waals surface area contributed by atoms with Crippen LogP contribution in [0.5, 0.6) is 11.5 Å². The van der Waals surface area contributed by atoms with Gasteiger partial charge in [0.25, 0.3) is 0 Å². The molecule has 33 heavy (non-hydrogen) atoms. The van der Waals surface area contributed by atoms with Crippen LogP contribution in [0.2, 0.25) is 5.02 Å². The molecular formula is C24H21ClN4O3S. The lowest BCUT2D eigenvalue weighted by atomic mass is 10.2. The Hall–Kier alpha value is -3.49. The van der Waals surface area contributed by atoms with E-state index in [0.717, 1.165) is 11.3 Å². The van der Waals surface area contributed by atoms with Gasteiger partial charge < -0.3 is 14.8 Å². The van der Waals surface area contributed by atoms with Crippen molar-refractivity contribution in [2.45, 2.75) is 5.16 Å². The van der Waals surface area contributed by atoms with E-state index in [4.69, 9.17) is 21.1 Å². The number of hydrogen-bond acceptors (Lipinski definition) is 6. The monoisotopic (exact) mass is 480 g/mol. The molecule has 168 valence electrons. The molecule has 0 aliphatic heterocycles. The maximum atomic E-state index is 12.7. The van der Waals surface area contributed by atoms with Crippen LogP contribution in [0.1, 0.15) is 0 Å². The lowest BCUT2D eigenvalue weighted by molar-refractivity contribution is -0.113. The van der Waals surface area contributed by atoms with E-state index in [2.05, 4.69) is 15.5 Å². The number of benzene rings is 3. The third kappa shape index (κ3) is 5.13. The molecule has 0 spiro atoms. The number of rotatable bonds is 8. The summed E-state index contributed by atoms with van der Waals surface area (Å²) in [4.78, 5) is 12.7. The molecular weight excluding hydrogens is 460 g/mol. The Morgan fingerprint density at radius 2 is 1.70 bits per heavy atom. The average Bonchev–Trinajstić information content (AvgIpc) is 3.27. The highest BCUT2D eigenvalue weighted by atomic mass is 35.5. The Balaban J connectivity index is 1.63. The molecule has 4 rings (SSSR count). The summed E-state index contributed by atoms with van der Waals surface area (Å²) in [6.07, 6.45) is 0. The second kappa shape index (κ2) is 10.4. The topological polar surface area (TPSA) is 78.3 Å². The molecule has 0 aliphatic carbocycles. The Morgan fingerprint density at radius 3 is 2.45 bits per heavy atom. The van der Waals surface area contributed by atoms with E-state index in [9.17, 15) is 4.79 Å². The van der Waals surface area contributed by atoms with Crippen LogP contribution in [0, 0.1) is 0 Å². The van der Waals surface area contributed by atoms with E-state index < -0.39 is 0 Å². The van der Waals surface area contributed by atoms with E-state index in [-0.39, 0.29) is 11.7 Å². The van der Waals surface area contributed by atoms with Crippen LogP contribution in [-0.2, 0) is 4.79 Å². The standard InChI is InChI=1S/C24H21ClN4O3S/c1-31-20-13-12-17(25)14-18(20)26-22(30)15-33-24-28-27-23(16-8-4-3-5-9-16)29(24)19-10-6-7-11-21(19)32-2/h3-14H,15H2,1-2H3,(H,26,30). The number of ether oxygens (including phenoxy) is 2. The SMILES string of the molecule is COc1ccc(Cl)cc1NC(=O)CSc1nnc(-c2ccccc2)n1-c1ccccc1OC. The fourth-order valence-electron chi connectivity index (χ4n) is 3.26. The van der Waals surface area contributed by atoms with Crippen molar-refractivity contribution in [3.63, 3.8) is 0 Å². The number of amides is 1. The molecule has 7 nitrogen and oxygen atoms in total. The molecule has 0 fully saturated rings. The molecule has 0 unspecified atom stereocenters. The second-order valence-corrected chi connectivity index (χ2v) is 8.24. The van der Waals surface area contributed by atoms with E-state index in [1.165, 1.54) is 18.9 Å². The molecule has 3 aromatic carbocycles. The first-order valence-corrected chi connectivity index (χ1v) is 11.4. The van der Waals surface area contributed by atoms with Gasteiger partial charge in [-0.05, 0) is 30.3 Å². The van der Waals surface area contributed by atoms with Crippen LogP contribution in [0.25, 0.3) is 17.1 Å². The van der Waals surface area contributed by atoms with Crippen molar-refractivity contribution in [1.29, 1.82) is 0 Å². The van der Waals surface area contributed by atoms with Gasteiger partial charge in [0, 0.05) is 10.6 Å². The zero-order valence-corrected chi connectivity index (χ0v) is 19.6. The molecule has 4 aromatic rings. The number of anilines is 1. The highest BCUT2D eigenvalue weighted by Crippen LogP contribution is 2.33. The molecule has 0 saturated heterocycles. The number of para-hydroxylation sites is 2. The Kier molecular flexibility index (Phi) is 7.16. The maximum absolute atomic E-state index is 12.7. The molecule has 1 aromatic heterocycles. The lowest BCUT2D eigenvalue weighted by Crippen LogP contribution is -2.15. The molecule has 0 radical (unpaired) electrons. The quantitative estimate of drug-likeness (QED) is 0.343. The van der Waals surface area contributed by atoms with Crippen LogP contribution >= 0.6 is 23.4 Å². The summed E-state index contributed by atoms with van der Waals surface area (Å²) in [5.74, 6) is 1.74. The van der Waals surface area contributed by atoms with Crippen LogP contribution in [0.4, 0.5) is 5.69 Å². The first kappa shape index (κ1) is 22.7. The van der Waals surface area contributed by atoms with Gasteiger partial charge in [0.2, 0.25) is 5.91 Å². The minimum absolute atomic E-state index is 0.109. The van der Waals surface area contributed by atoms with Crippen molar-refractivity contribution >= 4 is 35.0 Å². The second-order valence-electron chi connectivity index (χ2n) is 6.86. The third-order valence-electron chi connectivity index (χ3n) is 4.76. The van der Waals surface area contributed by atoms with Gasteiger partial charge in [-0.1, -0.05) is 65.8 Å². The Bertz CT molecular complexity index is 1260. The Labute approximate surface area is 200 Å². The number of methoxy groups -OCH3 is 2. The summed E-state index contributed by atoms with van der Waals surface area (Å²) in [6, 6.07) is 22.4. The predicted octanol–water partition coefficient (Wildman–Crippen LogP) is 5.34. The van der Waals surface area contributed by atoms with Crippen molar-refractivity contribution in [2.24, 2.45) is 0 Å². The van der Waals surface area contributed by atoms with Crippen molar-refractivity contribution in [3.05, 3.63) is 77.8 Å². The summed E-state index contributed by atoms with van der Waals surface area (Å²) in [6.45, 7) is 0. The highest BCUT2D eigenvalue weighted by Gasteiger charge is 2.20. The van der Waals surface area contributed by atoms with Gasteiger partial charge in [0.1, 0.15) is 11.5 Å². The third-order valence-corrected chi connectivity index (χ3v) is 5.92. The highest BCUT2D eigenvalue weighted by molar-refractivity contribution is 7.99. The maximum Gasteiger partial charge on any atom is 0.234 e. The first-order chi connectivity index (χ1) is 16.1. The first-order valence-electron chi connectivity index (χ1n) is 10.0. The van der Waals surface area contributed by atoms with E-state index in [1.54, 1.807) is 25.3 Å². The van der Waals surface area contributed by atoms with Crippen molar-refractivity contribution in [3.8, 4) is 28.6 Å². The van der Waals surface area contributed by atoms with Gasteiger partial charge in [-0.2, -0.15) is 0 Å². The number of thioether (sulfide) groups is 1. The van der Waals surface area contributed by atoms with Crippen LogP contribution in [0.3, 0.4) is 0 Å². The smallest absolute Gasteiger partial charge is 0.234 e. The molecule has 0 atom stereocenters. The molecule has 1 amide bonds. The van der Waals surface area contributed by atoms with Gasteiger partial charge in [-0.3, -0.25) is 9.36 Å². The molecule has 0 aliphatic rings. The number of halogens is 1. The number of nitrogens with zero attached hydrogens (tertiary/aromatic N) is 3. The number of aromatic nitrogens is 3. The normalized spacial score (nSPS) is 10.6. The van der Waals surface area contributed by atoms with E-state index >= 15 is 0 Å².